The van der Waals surface area contributed by atoms with E-state index >= 15 is 0 Å². The van der Waals surface area contributed by atoms with E-state index in [1.54, 1.807) is 24.3 Å². The van der Waals surface area contributed by atoms with Crippen molar-refractivity contribution in [1.82, 2.24) is 0 Å². The van der Waals surface area contributed by atoms with Crippen molar-refractivity contribution >= 4 is 22.7 Å². The summed E-state index contributed by atoms with van der Waals surface area (Å²) >= 11 is 0. The molecule has 0 aliphatic carbocycles. The first-order valence-electron chi connectivity index (χ1n) is 14.8. The molecule has 46 heavy (non-hydrogen) atoms. The van der Waals surface area contributed by atoms with Crippen molar-refractivity contribution in [3.05, 3.63) is 157 Å². The Balaban J connectivity index is 0.000000232. The second-order valence-corrected chi connectivity index (χ2v) is 11.3. The van der Waals surface area contributed by atoms with Crippen molar-refractivity contribution in [2.75, 3.05) is 22.9 Å². The number of ether oxygens (including phenoxy) is 3. The Morgan fingerprint density at radius 1 is 0.304 bits per heavy atom. The summed E-state index contributed by atoms with van der Waals surface area (Å²) in [5.74, 6) is 4.62. The molecule has 0 bridgehead atoms. The van der Waals surface area contributed by atoms with Gasteiger partial charge in [0.25, 0.3) is 0 Å². The molecule has 0 radical (unpaired) electrons. The van der Waals surface area contributed by atoms with Gasteiger partial charge in [-0.25, -0.2) is 0 Å². The van der Waals surface area contributed by atoms with Crippen molar-refractivity contribution in [3.8, 4) is 34.5 Å². The Hall–Kier alpha value is -6.08. The molecule has 0 aliphatic heterocycles. The van der Waals surface area contributed by atoms with E-state index in [-0.39, 0.29) is 5.41 Å². The van der Waals surface area contributed by atoms with E-state index in [1.807, 2.05) is 97.1 Å². The smallest absolute Gasteiger partial charge is 0.127 e. The van der Waals surface area contributed by atoms with Gasteiger partial charge in [0.1, 0.15) is 34.5 Å². The Morgan fingerprint density at radius 2 is 0.478 bits per heavy atom. The number of nitrogens with two attached hydrogens (primary N) is 4. The van der Waals surface area contributed by atoms with Crippen LogP contribution in [0.15, 0.2) is 146 Å². The van der Waals surface area contributed by atoms with Gasteiger partial charge >= 0.3 is 0 Å². The van der Waals surface area contributed by atoms with Crippen LogP contribution in [0, 0.1) is 0 Å². The van der Waals surface area contributed by atoms with Crippen molar-refractivity contribution in [3.63, 3.8) is 0 Å². The van der Waals surface area contributed by atoms with Crippen LogP contribution in [0.3, 0.4) is 0 Å². The molecule has 0 spiro atoms. The minimum absolute atomic E-state index is 0.167. The second-order valence-electron chi connectivity index (χ2n) is 11.3. The average molecular weight is 611 g/mol. The van der Waals surface area contributed by atoms with Crippen LogP contribution in [-0.2, 0) is 5.41 Å². The molecule has 232 valence electrons. The molecule has 8 N–H and O–H groups in total. The van der Waals surface area contributed by atoms with Gasteiger partial charge < -0.3 is 37.1 Å². The minimum Gasteiger partial charge on any atom is -0.457 e. The molecule has 0 unspecified atom stereocenters. The molecular formula is C39H38N4O3. The Morgan fingerprint density at radius 3 is 0.674 bits per heavy atom. The fraction of sp³-hybridized carbons (Fsp3) is 0.0769. The SMILES string of the molecule is CC(C)(c1ccc(Oc2ccc(N)cc2)cc1)c1ccc(Oc2ccc(N)cc2)cc1.Nc1ccc(Oc2ccc(N)cc2)cc1. The predicted octanol–water partition coefficient (Wildman–Crippen LogP) is 9.40. The predicted molar refractivity (Wildman–Crippen MR) is 189 cm³/mol. The van der Waals surface area contributed by atoms with Gasteiger partial charge in [-0.2, -0.15) is 0 Å². The summed E-state index contributed by atoms with van der Waals surface area (Å²) in [6.45, 7) is 4.41. The summed E-state index contributed by atoms with van der Waals surface area (Å²) in [7, 11) is 0. The van der Waals surface area contributed by atoms with Crippen LogP contribution in [-0.4, -0.2) is 0 Å². The zero-order valence-corrected chi connectivity index (χ0v) is 25.9. The lowest BCUT2D eigenvalue weighted by Crippen LogP contribution is -2.18. The quantitative estimate of drug-likeness (QED) is 0.126. The normalized spacial score (nSPS) is 10.7. The van der Waals surface area contributed by atoms with Gasteiger partial charge in [-0.3, -0.25) is 0 Å². The molecule has 7 nitrogen and oxygen atoms in total. The summed E-state index contributed by atoms with van der Waals surface area (Å²) in [6, 6.07) is 45.6. The highest BCUT2D eigenvalue weighted by atomic mass is 16.5. The van der Waals surface area contributed by atoms with E-state index in [1.165, 1.54) is 11.1 Å². The molecule has 0 aliphatic rings. The first-order valence-corrected chi connectivity index (χ1v) is 14.8. The van der Waals surface area contributed by atoms with Gasteiger partial charge in [-0.15, -0.1) is 0 Å². The average Bonchev–Trinajstić information content (AvgIpc) is 3.06. The molecule has 6 aromatic carbocycles. The Bertz CT molecular complexity index is 1680. The summed E-state index contributed by atoms with van der Waals surface area (Å²) in [4.78, 5) is 0. The summed E-state index contributed by atoms with van der Waals surface area (Å²) in [5, 5.41) is 0. The number of anilines is 4. The third-order valence-corrected chi connectivity index (χ3v) is 7.38. The summed E-state index contributed by atoms with van der Waals surface area (Å²) in [5.41, 5.74) is 27.7. The molecule has 0 fully saturated rings. The highest BCUT2D eigenvalue weighted by Crippen LogP contribution is 2.35. The van der Waals surface area contributed by atoms with Crippen LogP contribution < -0.4 is 37.1 Å². The molecule has 0 aromatic heterocycles. The van der Waals surface area contributed by atoms with Crippen LogP contribution in [0.2, 0.25) is 0 Å². The lowest BCUT2D eigenvalue weighted by Gasteiger charge is -2.26. The number of hydrogen-bond donors (Lipinski definition) is 4. The molecule has 0 saturated heterocycles. The molecule has 0 heterocycles. The maximum atomic E-state index is 5.91. The standard InChI is InChI=1S/C27H26N2O2.C12H12N2O/c1-27(2,19-3-11-23(12-4-19)30-25-15-7-21(28)8-16-25)20-5-13-24(14-6-20)31-26-17-9-22(29)10-18-26;13-9-1-5-11(6-2-9)15-12-7-3-10(14)4-8-12/h3-18H,28-29H2,1-2H3;1-8H,13-14H2. The van der Waals surface area contributed by atoms with E-state index in [2.05, 4.69) is 38.1 Å². The molecule has 0 saturated carbocycles. The summed E-state index contributed by atoms with van der Waals surface area (Å²) < 4.78 is 17.4. The van der Waals surface area contributed by atoms with E-state index in [0.29, 0.717) is 11.4 Å². The second kappa shape index (κ2) is 14.1. The molecular weight excluding hydrogens is 572 g/mol. The van der Waals surface area contributed by atoms with Crippen molar-refractivity contribution in [2.24, 2.45) is 0 Å². The molecule has 6 rings (SSSR count). The van der Waals surface area contributed by atoms with Gasteiger partial charge in [-0.1, -0.05) is 38.1 Å². The number of nitrogen functional groups attached to an aromatic ring is 4. The van der Waals surface area contributed by atoms with Gasteiger partial charge in [-0.05, 0) is 132 Å². The van der Waals surface area contributed by atoms with Crippen molar-refractivity contribution < 1.29 is 14.2 Å². The first-order chi connectivity index (χ1) is 22.1. The Kier molecular flexibility index (Phi) is 9.63. The third-order valence-electron chi connectivity index (χ3n) is 7.38. The number of rotatable bonds is 8. The van der Waals surface area contributed by atoms with Crippen LogP contribution in [0.5, 0.6) is 34.5 Å². The van der Waals surface area contributed by atoms with Crippen LogP contribution in [0.1, 0.15) is 25.0 Å². The van der Waals surface area contributed by atoms with Gasteiger partial charge in [0.15, 0.2) is 0 Å². The van der Waals surface area contributed by atoms with Crippen molar-refractivity contribution in [2.45, 2.75) is 19.3 Å². The largest absolute Gasteiger partial charge is 0.457 e. The Labute approximate surface area is 270 Å². The van der Waals surface area contributed by atoms with Crippen LogP contribution in [0.4, 0.5) is 22.7 Å². The molecule has 6 aromatic rings. The van der Waals surface area contributed by atoms with Crippen molar-refractivity contribution in [1.29, 1.82) is 0 Å². The zero-order valence-electron chi connectivity index (χ0n) is 25.9. The number of hydrogen-bond acceptors (Lipinski definition) is 7. The molecule has 0 amide bonds. The highest BCUT2D eigenvalue weighted by Gasteiger charge is 2.23. The first kappa shape index (κ1) is 31.3. The third kappa shape index (κ3) is 8.51. The monoisotopic (exact) mass is 610 g/mol. The fourth-order valence-electron chi connectivity index (χ4n) is 4.60. The topological polar surface area (TPSA) is 132 Å². The van der Waals surface area contributed by atoms with E-state index < -0.39 is 0 Å². The summed E-state index contributed by atoms with van der Waals surface area (Å²) in [6.07, 6.45) is 0. The van der Waals surface area contributed by atoms with Gasteiger partial charge in [0.2, 0.25) is 0 Å². The minimum atomic E-state index is -0.167. The van der Waals surface area contributed by atoms with Gasteiger partial charge in [0, 0.05) is 28.2 Å². The van der Waals surface area contributed by atoms with E-state index in [0.717, 1.165) is 45.9 Å². The highest BCUT2D eigenvalue weighted by molar-refractivity contribution is 5.48. The van der Waals surface area contributed by atoms with E-state index in [9.17, 15) is 0 Å². The fourth-order valence-corrected chi connectivity index (χ4v) is 4.60. The van der Waals surface area contributed by atoms with Crippen LogP contribution >= 0.6 is 0 Å². The maximum Gasteiger partial charge on any atom is 0.127 e. The molecule has 7 heteroatoms. The molecule has 0 atom stereocenters. The van der Waals surface area contributed by atoms with E-state index in [4.69, 9.17) is 37.1 Å². The lowest BCUT2D eigenvalue weighted by molar-refractivity contribution is 0.481. The van der Waals surface area contributed by atoms with Crippen LogP contribution in [0.25, 0.3) is 0 Å². The zero-order chi connectivity index (χ0) is 32.5. The maximum absolute atomic E-state index is 5.91. The lowest BCUT2D eigenvalue weighted by atomic mass is 9.78. The van der Waals surface area contributed by atoms with Gasteiger partial charge in [0.05, 0.1) is 0 Å². The number of benzene rings is 6.